The molecule has 1 saturated heterocycles. The van der Waals surface area contributed by atoms with Crippen LogP contribution in [0.15, 0.2) is 41.3 Å². The van der Waals surface area contributed by atoms with Crippen molar-refractivity contribution >= 4 is 11.5 Å². The summed E-state index contributed by atoms with van der Waals surface area (Å²) in [4.78, 5) is 4.37. The molecule has 28 heavy (non-hydrogen) atoms. The predicted molar refractivity (Wildman–Crippen MR) is 111 cm³/mol. The maximum Gasteiger partial charge on any atom is 0.175 e. The van der Waals surface area contributed by atoms with Crippen LogP contribution in [0.5, 0.6) is 0 Å². The number of rotatable bonds is 7. The van der Waals surface area contributed by atoms with E-state index in [4.69, 9.17) is 22.4 Å². The van der Waals surface area contributed by atoms with Crippen molar-refractivity contribution < 1.29 is 4.39 Å². The van der Waals surface area contributed by atoms with Crippen molar-refractivity contribution in [3.05, 3.63) is 53.1 Å². The second-order valence-corrected chi connectivity index (χ2v) is 7.41. The number of piperazine rings is 1. The molecule has 1 fully saturated rings. The number of hydrogen-bond acceptors (Lipinski definition) is 6. The van der Waals surface area contributed by atoms with Gasteiger partial charge < -0.3 is 16.4 Å². The lowest BCUT2D eigenvalue weighted by Crippen LogP contribution is -2.47. The number of amidine groups is 1. The third kappa shape index (κ3) is 5.63. The summed E-state index contributed by atoms with van der Waals surface area (Å²) in [5.74, 6) is -0.249. The van der Waals surface area contributed by atoms with Gasteiger partial charge in [0.15, 0.2) is 5.84 Å². The number of allylic oxidation sites excluding steroid dienone is 2. The van der Waals surface area contributed by atoms with E-state index in [0.717, 1.165) is 37.6 Å². The quantitative estimate of drug-likeness (QED) is 0.249. The summed E-state index contributed by atoms with van der Waals surface area (Å²) in [6.45, 7) is 7.79. The van der Waals surface area contributed by atoms with Crippen LogP contribution in [0.3, 0.4) is 0 Å². The van der Waals surface area contributed by atoms with Gasteiger partial charge in [0.2, 0.25) is 0 Å². The van der Waals surface area contributed by atoms with E-state index in [9.17, 15) is 4.39 Å². The average molecular weight is 388 g/mol. The smallest absolute Gasteiger partial charge is 0.175 e. The first kappa shape index (κ1) is 21.6. The van der Waals surface area contributed by atoms with Gasteiger partial charge in [-0.2, -0.15) is 0 Å². The Morgan fingerprint density at radius 3 is 2.54 bits per heavy atom. The molecule has 1 aromatic rings. The third-order valence-electron chi connectivity index (χ3n) is 4.70. The lowest BCUT2D eigenvalue weighted by Gasteiger charge is -2.37. The first-order chi connectivity index (χ1) is 13.3. The molecule has 0 atom stereocenters. The molecule has 0 radical (unpaired) electrons. The van der Waals surface area contributed by atoms with E-state index < -0.39 is 0 Å². The van der Waals surface area contributed by atoms with E-state index in [0.29, 0.717) is 30.0 Å². The van der Waals surface area contributed by atoms with Crippen LogP contribution in [0.2, 0.25) is 0 Å². The van der Waals surface area contributed by atoms with Crippen molar-refractivity contribution in [2.45, 2.75) is 20.3 Å². The molecule has 1 heterocycles. The highest BCUT2D eigenvalue weighted by Gasteiger charge is 2.23. The van der Waals surface area contributed by atoms with Crippen molar-refractivity contribution in [2.24, 2.45) is 22.5 Å². The van der Waals surface area contributed by atoms with Crippen molar-refractivity contribution in [1.82, 2.24) is 4.90 Å². The van der Waals surface area contributed by atoms with Crippen LogP contribution in [0.25, 0.3) is 0 Å². The molecule has 7 nitrogen and oxygen atoms in total. The Kier molecular flexibility index (Phi) is 7.69. The molecule has 1 aliphatic rings. The molecule has 6 N–H and O–H groups in total. The zero-order chi connectivity index (χ0) is 20.7. The summed E-state index contributed by atoms with van der Waals surface area (Å²) in [7, 11) is 0. The van der Waals surface area contributed by atoms with E-state index in [1.165, 1.54) is 12.3 Å². The van der Waals surface area contributed by atoms with Gasteiger partial charge in [-0.05, 0) is 48.4 Å². The SMILES string of the molecule is CC(C)Cc1cc(N2CCN(C/C(N)=C/C=C\N)CC2)c(C(=N)N=N)cc1F. The minimum Gasteiger partial charge on any atom is -0.405 e. The molecule has 0 spiro atoms. The van der Waals surface area contributed by atoms with E-state index >= 15 is 0 Å². The van der Waals surface area contributed by atoms with Crippen LogP contribution < -0.4 is 16.4 Å². The van der Waals surface area contributed by atoms with Gasteiger partial charge in [0, 0.05) is 49.7 Å². The minimum absolute atomic E-state index is 0.229. The summed E-state index contributed by atoms with van der Waals surface area (Å²) < 4.78 is 14.5. The number of hydrogen-bond donors (Lipinski definition) is 4. The van der Waals surface area contributed by atoms with Crippen LogP contribution in [-0.2, 0) is 6.42 Å². The predicted octanol–water partition coefficient (Wildman–Crippen LogP) is 2.82. The maximum absolute atomic E-state index is 14.5. The van der Waals surface area contributed by atoms with Gasteiger partial charge in [0.05, 0.1) is 0 Å². The lowest BCUT2D eigenvalue weighted by atomic mass is 9.98. The van der Waals surface area contributed by atoms with Gasteiger partial charge in [-0.3, -0.25) is 10.3 Å². The van der Waals surface area contributed by atoms with E-state index in [2.05, 4.69) is 14.9 Å². The standard InChI is InChI=1S/C20H30FN7/c1-14(2)10-15-11-19(17(12-18(15)21)20(24)26-25)28-8-6-27(7-9-28)13-16(23)4-3-5-22/h3-5,11-12,14,24-25H,6-10,13,22-23H2,1-2H3/b5-3-,16-4-,24-20?,26-25?. The number of anilines is 1. The molecule has 2 rings (SSSR count). The number of nitrogens with one attached hydrogen (secondary N) is 2. The number of nitrogens with two attached hydrogens (primary N) is 2. The highest BCUT2D eigenvalue weighted by Crippen LogP contribution is 2.28. The van der Waals surface area contributed by atoms with Crippen molar-refractivity contribution in [1.29, 1.82) is 10.9 Å². The summed E-state index contributed by atoms with van der Waals surface area (Å²) in [5.41, 5.74) is 21.0. The lowest BCUT2D eigenvalue weighted by molar-refractivity contribution is 0.277. The topological polar surface area (TPSA) is 119 Å². The average Bonchev–Trinajstić information content (AvgIpc) is 2.67. The molecule has 8 heteroatoms. The van der Waals surface area contributed by atoms with Crippen molar-refractivity contribution in [3.8, 4) is 0 Å². The maximum atomic E-state index is 14.5. The van der Waals surface area contributed by atoms with E-state index in [-0.39, 0.29) is 11.7 Å². The second-order valence-electron chi connectivity index (χ2n) is 7.41. The van der Waals surface area contributed by atoms with Gasteiger partial charge in [-0.25, -0.2) is 9.92 Å². The normalized spacial score (nSPS) is 16.1. The van der Waals surface area contributed by atoms with Crippen LogP contribution >= 0.6 is 0 Å². The molecule has 0 aliphatic carbocycles. The molecule has 1 aromatic carbocycles. The van der Waals surface area contributed by atoms with Gasteiger partial charge in [-0.15, -0.1) is 5.11 Å². The van der Waals surface area contributed by atoms with Crippen LogP contribution in [0, 0.1) is 22.7 Å². The Morgan fingerprint density at radius 2 is 1.96 bits per heavy atom. The fourth-order valence-corrected chi connectivity index (χ4v) is 3.35. The molecule has 0 saturated carbocycles. The number of nitrogens with zero attached hydrogens (tertiary/aromatic N) is 3. The molecule has 0 bridgehead atoms. The Labute approximate surface area is 165 Å². The fourth-order valence-electron chi connectivity index (χ4n) is 3.35. The highest BCUT2D eigenvalue weighted by molar-refractivity contribution is 6.02. The summed E-state index contributed by atoms with van der Waals surface area (Å²) >= 11 is 0. The van der Waals surface area contributed by atoms with Crippen molar-refractivity contribution in [2.75, 3.05) is 37.6 Å². The first-order valence-corrected chi connectivity index (χ1v) is 9.44. The molecule has 0 unspecified atom stereocenters. The van der Waals surface area contributed by atoms with E-state index in [1.54, 1.807) is 12.2 Å². The van der Waals surface area contributed by atoms with Crippen LogP contribution in [0.1, 0.15) is 25.0 Å². The zero-order valence-corrected chi connectivity index (χ0v) is 16.6. The Morgan fingerprint density at radius 1 is 1.29 bits per heavy atom. The molecule has 0 aromatic heterocycles. The molecule has 1 aliphatic heterocycles. The summed E-state index contributed by atoms with van der Waals surface area (Å²) in [5, 5.41) is 11.2. The van der Waals surface area contributed by atoms with Crippen LogP contribution in [-0.4, -0.2) is 43.5 Å². The zero-order valence-electron chi connectivity index (χ0n) is 16.6. The Bertz CT molecular complexity index is 762. The van der Waals surface area contributed by atoms with Crippen LogP contribution in [0.4, 0.5) is 10.1 Å². The minimum atomic E-state index is -0.342. The number of halogens is 1. The molecular weight excluding hydrogens is 357 g/mol. The molecule has 152 valence electrons. The monoisotopic (exact) mass is 387 g/mol. The molecule has 0 amide bonds. The van der Waals surface area contributed by atoms with Gasteiger partial charge in [0.1, 0.15) is 5.82 Å². The Balaban J connectivity index is 2.20. The molecular formula is C20H30FN7. The highest BCUT2D eigenvalue weighted by atomic mass is 19.1. The summed E-state index contributed by atoms with van der Waals surface area (Å²) in [6, 6.07) is 3.17. The third-order valence-corrected chi connectivity index (χ3v) is 4.70. The Hall–Kier alpha value is -2.74. The van der Waals surface area contributed by atoms with E-state index in [1.807, 2.05) is 19.9 Å². The van der Waals surface area contributed by atoms with Gasteiger partial charge in [0.25, 0.3) is 0 Å². The van der Waals surface area contributed by atoms with Gasteiger partial charge >= 0.3 is 0 Å². The summed E-state index contributed by atoms with van der Waals surface area (Å²) in [6.07, 6.45) is 5.57. The first-order valence-electron chi connectivity index (χ1n) is 9.44. The fraction of sp³-hybridized carbons (Fsp3) is 0.450. The van der Waals surface area contributed by atoms with Gasteiger partial charge in [-0.1, -0.05) is 13.8 Å². The van der Waals surface area contributed by atoms with Crippen molar-refractivity contribution in [3.63, 3.8) is 0 Å². The second kappa shape index (κ2) is 9.98. The largest absolute Gasteiger partial charge is 0.405 e. The number of benzene rings is 1.